The highest BCUT2D eigenvalue weighted by atomic mass is 16.2. The summed E-state index contributed by atoms with van der Waals surface area (Å²) in [6, 6.07) is 7.66. The Bertz CT molecular complexity index is 321. The van der Waals surface area contributed by atoms with Crippen LogP contribution in [0.2, 0.25) is 0 Å². The van der Waals surface area contributed by atoms with Gasteiger partial charge in [-0.2, -0.15) is 0 Å². The molecule has 1 aromatic carbocycles. The molecular weight excluding hydrogens is 190 g/mol. The molecule has 82 valence electrons. The second kappa shape index (κ2) is 5.48. The second-order valence-electron chi connectivity index (χ2n) is 3.47. The van der Waals surface area contributed by atoms with Gasteiger partial charge in [0.25, 0.3) is 0 Å². The molecule has 0 saturated heterocycles. The SMILES string of the molecule is CCc1ccc(C(N)CC(=O)NN)cc1. The van der Waals surface area contributed by atoms with E-state index >= 15 is 0 Å². The third-order valence-corrected chi connectivity index (χ3v) is 2.38. The van der Waals surface area contributed by atoms with E-state index in [-0.39, 0.29) is 18.4 Å². The fourth-order valence-corrected chi connectivity index (χ4v) is 1.38. The van der Waals surface area contributed by atoms with Gasteiger partial charge in [-0.3, -0.25) is 10.2 Å². The number of rotatable bonds is 4. The van der Waals surface area contributed by atoms with Crippen molar-refractivity contribution in [3.8, 4) is 0 Å². The van der Waals surface area contributed by atoms with Gasteiger partial charge in [0.15, 0.2) is 0 Å². The van der Waals surface area contributed by atoms with Crippen LogP contribution in [-0.4, -0.2) is 5.91 Å². The fraction of sp³-hybridized carbons (Fsp3) is 0.364. The predicted octanol–water partition coefficient (Wildman–Crippen LogP) is 0.629. The number of hydrazine groups is 1. The average molecular weight is 207 g/mol. The fourth-order valence-electron chi connectivity index (χ4n) is 1.38. The van der Waals surface area contributed by atoms with Crippen LogP contribution in [0.1, 0.15) is 30.5 Å². The van der Waals surface area contributed by atoms with Crippen molar-refractivity contribution >= 4 is 5.91 Å². The van der Waals surface area contributed by atoms with Gasteiger partial charge in [-0.15, -0.1) is 0 Å². The van der Waals surface area contributed by atoms with Crippen LogP contribution in [0.15, 0.2) is 24.3 Å². The Hall–Kier alpha value is -1.39. The number of carbonyl (C=O) groups excluding carboxylic acids is 1. The molecule has 0 aliphatic rings. The van der Waals surface area contributed by atoms with Crippen molar-refractivity contribution in [2.75, 3.05) is 0 Å². The topological polar surface area (TPSA) is 81.1 Å². The Morgan fingerprint density at radius 1 is 1.40 bits per heavy atom. The van der Waals surface area contributed by atoms with E-state index in [4.69, 9.17) is 11.6 Å². The summed E-state index contributed by atoms with van der Waals surface area (Å²) >= 11 is 0. The zero-order valence-corrected chi connectivity index (χ0v) is 8.86. The van der Waals surface area contributed by atoms with E-state index in [0.29, 0.717) is 0 Å². The quantitative estimate of drug-likeness (QED) is 0.385. The maximum Gasteiger partial charge on any atom is 0.235 e. The molecule has 1 atom stereocenters. The minimum atomic E-state index is -0.292. The van der Waals surface area contributed by atoms with Crippen LogP contribution in [0.25, 0.3) is 0 Å². The summed E-state index contributed by atoms with van der Waals surface area (Å²) in [7, 11) is 0. The van der Waals surface area contributed by atoms with Crippen molar-refractivity contribution in [3.05, 3.63) is 35.4 Å². The number of amides is 1. The van der Waals surface area contributed by atoms with Crippen molar-refractivity contribution in [2.24, 2.45) is 11.6 Å². The smallest absolute Gasteiger partial charge is 0.235 e. The molecule has 1 rings (SSSR count). The highest BCUT2D eigenvalue weighted by Crippen LogP contribution is 2.14. The van der Waals surface area contributed by atoms with Crippen LogP contribution in [0.4, 0.5) is 0 Å². The Balaban J connectivity index is 2.65. The zero-order valence-electron chi connectivity index (χ0n) is 8.86. The molecule has 4 nitrogen and oxygen atoms in total. The lowest BCUT2D eigenvalue weighted by Crippen LogP contribution is -2.32. The first-order chi connectivity index (χ1) is 7.17. The lowest BCUT2D eigenvalue weighted by molar-refractivity contribution is -0.121. The number of hydrogen-bond acceptors (Lipinski definition) is 3. The Morgan fingerprint density at radius 3 is 2.47 bits per heavy atom. The average Bonchev–Trinajstić information content (AvgIpc) is 2.29. The van der Waals surface area contributed by atoms with E-state index in [2.05, 4.69) is 12.3 Å². The van der Waals surface area contributed by atoms with Gasteiger partial charge in [-0.05, 0) is 17.5 Å². The summed E-state index contributed by atoms with van der Waals surface area (Å²) < 4.78 is 0. The van der Waals surface area contributed by atoms with Crippen LogP contribution >= 0.6 is 0 Å². The van der Waals surface area contributed by atoms with Crippen molar-refractivity contribution in [1.29, 1.82) is 0 Å². The molecule has 0 saturated carbocycles. The number of nitrogens with two attached hydrogens (primary N) is 2. The summed E-state index contributed by atoms with van der Waals surface area (Å²) in [6.45, 7) is 2.09. The van der Waals surface area contributed by atoms with E-state index in [0.717, 1.165) is 12.0 Å². The molecule has 0 radical (unpaired) electrons. The molecule has 15 heavy (non-hydrogen) atoms. The third kappa shape index (κ3) is 3.34. The van der Waals surface area contributed by atoms with E-state index in [1.54, 1.807) is 0 Å². The van der Waals surface area contributed by atoms with Crippen molar-refractivity contribution in [1.82, 2.24) is 5.43 Å². The van der Waals surface area contributed by atoms with E-state index in [1.165, 1.54) is 5.56 Å². The normalized spacial score (nSPS) is 12.2. The molecule has 0 aliphatic heterocycles. The number of carbonyl (C=O) groups is 1. The van der Waals surface area contributed by atoms with Gasteiger partial charge in [0.2, 0.25) is 5.91 Å². The molecule has 1 unspecified atom stereocenters. The van der Waals surface area contributed by atoms with Crippen LogP contribution in [0.5, 0.6) is 0 Å². The molecule has 0 bridgehead atoms. The molecule has 4 heteroatoms. The second-order valence-corrected chi connectivity index (χ2v) is 3.47. The highest BCUT2D eigenvalue weighted by molar-refractivity contribution is 5.76. The van der Waals surface area contributed by atoms with Gasteiger partial charge in [0.1, 0.15) is 0 Å². The number of hydrogen-bond donors (Lipinski definition) is 3. The molecule has 0 heterocycles. The minimum Gasteiger partial charge on any atom is -0.324 e. The van der Waals surface area contributed by atoms with Gasteiger partial charge in [0, 0.05) is 12.5 Å². The van der Waals surface area contributed by atoms with E-state index < -0.39 is 0 Å². The van der Waals surface area contributed by atoms with Crippen LogP contribution in [0, 0.1) is 0 Å². The Labute approximate surface area is 89.6 Å². The van der Waals surface area contributed by atoms with Crippen LogP contribution in [-0.2, 0) is 11.2 Å². The zero-order chi connectivity index (χ0) is 11.3. The van der Waals surface area contributed by atoms with Gasteiger partial charge in [0.05, 0.1) is 0 Å². The van der Waals surface area contributed by atoms with Crippen LogP contribution in [0.3, 0.4) is 0 Å². The van der Waals surface area contributed by atoms with E-state index in [9.17, 15) is 4.79 Å². The monoisotopic (exact) mass is 207 g/mol. The molecule has 0 aromatic heterocycles. The van der Waals surface area contributed by atoms with Crippen molar-refractivity contribution < 1.29 is 4.79 Å². The maximum atomic E-state index is 11.0. The number of aryl methyl sites for hydroxylation is 1. The van der Waals surface area contributed by atoms with Gasteiger partial charge < -0.3 is 5.73 Å². The first kappa shape index (κ1) is 11.7. The van der Waals surface area contributed by atoms with Gasteiger partial charge in [-0.25, -0.2) is 5.84 Å². The van der Waals surface area contributed by atoms with Crippen molar-refractivity contribution in [3.63, 3.8) is 0 Å². The minimum absolute atomic E-state index is 0.210. The van der Waals surface area contributed by atoms with Crippen molar-refractivity contribution in [2.45, 2.75) is 25.8 Å². The summed E-state index contributed by atoms with van der Waals surface area (Å²) in [5.41, 5.74) is 10.1. The maximum absolute atomic E-state index is 11.0. The van der Waals surface area contributed by atoms with Crippen LogP contribution < -0.4 is 17.0 Å². The summed E-state index contributed by atoms with van der Waals surface area (Å²) in [5.74, 6) is 4.74. The Kier molecular flexibility index (Phi) is 4.27. The molecular formula is C11H17N3O. The number of benzene rings is 1. The first-order valence-corrected chi connectivity index (χ1v) is 5.01. The molecule has 0 spiro atoms. The lowest BCUT2D eigenvalue weighted by atomic mass is 10.0. The molecule has 1 amide bonds. The summed E-state index contributed by atoms with van der Waals surface area (Å²) in [6.07, 6.45) is 1.21. The predicted molar refractivity (Wildman–Crippen MR) is 59.7 cm³/mol. The van der Waals surface area contributed by atoms with Gasteiger partial charge in [-0.1, -0.05) is 31.2 Å². The molecule has 1 aromatic rings. The third-order valence-electron chi connectivity index (χ3n) is 2.38. The standard InChI is InChI=1S/C11H17N3O/c1-2-8-3-5-9(6-4-8)10(12)7-11(15)14-13/h3-6,10H,2,7,12-13H2,1H3,(H,14,15). The number of nitrogens with one attached hydrogen (secondary N) is 1. The highest BCUT2D eigenvalue weighted by Gasteiger charge is 2.10. The molecule has 0 aliphatic carbocycles. The summed E-state index contributed by atoms with van der Waals surface area (Å²) in [4.78, 5) is 11.0. The molecule has 0 fully saturated rings. The largest absolute Gasteiger partial charge is 0.324 e. The summed E-state index contributed by atoms with van der Waals surface area (Å²) in [5, 5.41) is 0. The lowest BCUT2D eigenvalue weighted by Gasteiger charge is -2.11. The molecule has 5 N–H and O–H groups in total. The van der Waals surface area contributed by atoms with E-state index in [1.807, 2.05) is 24.3 Å². The Morgan fingerprint density at radius 2 is 2.00 bits per heavy atom. The van der Waals surface area contributed by atoms with Gasteiger partial charge >= 0.3 is 0 Å². The first-order valence-electron chi connectivity index (χ1n) is 5.01.